The van der Waals surface area contributed by atoms with E-state index in [2.05, 4.69) is 62.9 Å². The quantitative estimate of drug-likeness (QED) is 0.572. The molecule has 3 nitrogen and oxygen atoms in total. The predicted octanol–water partition coefficient (Wildman–Crippen LogP) is 4.95. The fraction of sp³-hybridized carbons (Fsp3) is 0.700. The Hall–Kier alpha value is -1.34. The van der Waals surface area contributed by atoms with E-state index in [4.69, 9.17) is 4.98 Å². The Kier molecular flexibility index (Phi) is 6.09. The van der Waals surface area contributed by atoms with Gasteiger partial charge in [0, 0.05) is 18.8 Å². The molecule has 0 unspecified atom stereocenters. The number of aryl methyl sites for hydroxylation is 1. The summed E-state index contributed by atoms with van der Waals surface area (Å²) in [6.07, 6.45) is 2.48. The fourth-order valence-electron chi connectivity index (χ4n) is 4.28. The lowest BCUT2D eigenvalue weighted by atomic mass is 10.3. The van der Waals surface area contributed by atoms with Gasteiger partial charge in [-0.15, -0.1) is 5.54 Å². The molecule has 2 rings (SSSR count). The minimum absolute atomic E-state index is 0.644. The first kappa shape index (κ1) is 19.0. The molecule has 0 radical (unpaired) electrons. The van der Waals surface area contributed by atoms with E-state index in [1.807, 2.05) is 13.0 Å². The third kappa shape index (κ3) is 3.83. The van der Waals surface area contributed by atoms with Crippen molar-refractivity contribution < 1.29 is 0 Å². The molecule has 1 aliphatic heterocycles. The minimum atomic E-state index is -1.71. The lowest BCUT2D eigenvalue weighted by molar-refractivity contribution is 0.838. The largest absolute Gasteiger partial charge is 0.341 e. The molecule has 132 valence electrons. The molecule has 0 atom stereocenters. The van der Waals surface area contributed by atoms with E-state index < -0.39 is 8.07 Å². The summed E-state index contributed by atoms with van der Waals surface area (Å²) >= 11 is 0. The molecule has 0 N–H and O–H groups in total. The second kappa shape index (κ2) is 7.69. The van der Waals surface area contributed by atoms with E-state index >= 15 is 0 Å². The molecule has 0 aromatic carbocycles. The summed E-state index contributed by atoms with van der Waals surface area (Å²) in [5.41, 5.74) is 7.61. The van der Waals surface area contributed by atoms with Gasteiger partial charge in [0.25, 0.3) is 0 Å². The molecule has 1 aliphatic rings. The number of hydrogen-bond donors (Lipinski definition) is 0. The van der Waals surface area contributed by atoms with Crippen LogP contribution in [-0.2, 0) is 0 Å². The normalized spacial score (nSPS) is 15.3. The van der Waals surface area contributed by atoms with Crippen molar-refractivity contribution in [1.82, 2.24) is 9.97 Å². The fourth-order valence-corrected chi connectivity index (χ4v) is 9.49. The van der Waals surface area contributed by atoms with Crippen molar-refractivity contribution in [3.8, 4) is 11.5 Å². The van der Waals surface area contributed by atoms with Crippen molar-refractivity contribution in [3.05, 3.63) is 17.5 Å². The Bertz CT molecular complexity index is 598. The molecular formula is C20H33N3Si. The highest BCUT2D eigenvalue weighted by Crippen LogP contribution is 2.40. The van der Waals surface area contributed by atoms with Crippen molar-refractivity contribution in [2.75, 3.05) is 18.0 Å². The summed E-state index contributed by atoms with van der Waals surface area (Å²) < 4.78 is 0. The molecular weight excluding hydrogens is 310 g/mol. The zero-order chi connectivity index (χ0) is 17.9. The van der Waals surface area contributed by atoms with Crippen LogP contribution in [0.25, 0.3) is 0 Å². The molecule has 4 heteroatoms. The maximum Gasteiger partial charge on any atom is 0.226 e. The molecule has 1 aromatic rings. The highest BCUT2D eigenvalue weighted by Gasteiger charge is 2.41. The number of aromatic nitrogens is 2. The average Bonchev–Trinajstić information content (AvgIpc) is 3.00. The highest BCUT2D eigenvalue weighted by molar-refractivity contribution is 6.90. The van der Waals surface area contributed by atoms with Crippen LogP contribution in [0.4, 0.5) is 5.95 Å². The molecule has 0 aliphatic carbocycles. The van der Waals surface area contributed by atoms with E-state index in [1.165, 1.54) is 12.8 Å². The number of rotatable bonds is 4. The first-order valence-corrected chi connectivity index (χ1v) is 11.6. The predicted molar refractivity (Wildman–Crippen MR) is 106 cm³/mol. The van der Waals surface area contributed by atoms with Gasteiger partial charge in [-0.1, -0.05) is 47.5 Å². The Balaban J connectivity index is 2.41. The second-order valence-corrected chi connectivity index (χ2v) is 13.6. The van der Waals surface area contributed by atoms with Crippen molar-refractivity contribution in [1.29, 1.82) is 0 Å². The lowest BCUT2D eigenvalue weighted by Gasteiger charge is -2.38. The average molecular weight is 344 g/mol. The van der Waals surface area contributed by atoms with Gasteiger partial charge >= 0.3 is 0 Å². The first-order valence-electron chi connectivity index (χ1n) is 9.41. The van der Waals surface area contributed by atoms with Gasteiger partial charge in [0.2, 0.25) is 5.95 Å². The number of anilines is 1. The van der Waals surface area contributed by atoms with Crippen LogP contribution in [0.15, 0.2) is 6.07 Å². The van der Waals surface area contributed by atoms with Gasteiger partial charge in [-0.05, 0) is 42.5 Å². The summed E-state index contributed by atoms with van der Waals surface area (Å²) in [6, 6.07) is 2.03. The first-order chi connectivity index (χ1) is 11.3. The molecule has 2 heterocycles. The van der Waals surface area contributed by atoms with Gasteiger partial charge in [-0.25, -0.2) is 9.97 Å². The van der Waals surface area contributed by atoms with Gasteiger partial charge in [0.05, 0.1) is 0 Å². The molecule has 0 amide bonds. The molecule has 1 saturated heterocycles. The summed E-state index contributed by atoms with van der Waals surface area (Å²) in [5, 5.41) is 0. The SMILES string of the molecule is Cc1cc(C#C[Si](C(C)C)(C(C)C)C(C)C)nc(N2CCCC2)n1. The summed E-state index contributed by atoms with van der Waals surface area (Å²) in [5.74, 6) is 4.33. The smallest absolute Gasteiger partial charge is 0.226 e. The summed E-state index contributed by atoms with van der Waals surface area (Å²) in [6.45, 7) is 18.3. The van der Waals surface area contributed by atoms with Crippen LogP contribution in [0.3, 0.4) is 0 Å². The third-order valence-electron chi connectivity index (χ3n) is 5.50. The zero-order valence-electron chi connectivity index (χ0n) is 16.5. The van der Waals surface area contributed by atoms with Gasteiger partial charge in [0.1, 0.15) is 13.8 Å². The molecule has 0 bridgehead atoms. The van der Waals surface area contributed by atoms with E-state index in [1.54, 1.807) is 0 Å². The van der Waals surface area contributed by atoms with E-state index in [0.717, 1.165) is 30.4 Å². The maximum atomic E-state index is 4.76. The van der Waals surface area contributed by atoms with Crippen molar-refractivity contribution in [3.63, 3.8) is 0 Å². The Morgan fingerprint density at radius 2 is 1.50 bits per heavy atom. The Morgan fingerprint density at radius 3 is 2.00 bits per heavy atom. The van der Waals surface area contributed by atoms with Crippen molar-refractivity contribution in [2.24, 2.45) is 0 Å². The van der Waals surface area contributed by atoms with E-state index in [9.17, 15) is 0 Å². The monoisotopic (exact) mass is 343 g/mol. The van der Waals surface area contributed by atoms with E-state index in [0.29, 0.717) is 16.6 Å². The van der Waals surface area contributed by atoms with Gasteiger partial charge in [-0.2, -0.15) is 0 Å². The zero-order valence-corrected chi connectivity index (χ0v) is 17.5. The lowest BCUT2D eigenvalue weighted by Crippen LogP contribution is -2.43. The van der Waals surface area contributed by atoms with Crippen LogP contribution in [0.1, 0.15) is 65.8 Å². The Morgan fingerprint density at radius 1 is 0.958 bits per heavy atom. The van der Waals surface area contributed by atoms with Crippen molar-refractivity contribution in [2.45, 2.75) is 77.9 Å². The minimum Gasteiger partial charge on any atom is -0.341 e. The van der Waals surface area contributed by atoms with Crippen LogP contribution in [0, 0.1) is 18.4 Å². The maximum absolute atomic E-state index is 4.76. The van der Waals surface area contributed by atoms with Crippen molar-refractivity contribution >= 4 is 14.0 Å². The number of nitrogens with zero attached hydrogens (tertiary/aromatic N) is 3. The highest BCUT2D eigenvalue weighted by atomic mass is 28.3. The Labute approximate surface area is 149 Å². The van der Waals surface area contributed by atoms with Crippen LogP contribution in [-0.4, -0.2) is 31.1 Å². The second-order valence-electron chi connectivity index (χ2n) is 8.04. The third-order valence-corrected chi connectivity index (χ3v) is 11.8. The molecule has 1 fully saturated rings. The van der Waals surface area contributed by atoms with Crippen LogP contribution >= 0.6 is 0 Å². The molecule has 0 saturated carbocycles. The van der Waals surface area contributed by atoms with Gasteiger partial charge in [0.15, 0.2) is 0 Å². The summed E-state index contributed by atoms with van der Waals surface area (Å²) in [7, 11) is -1.71. The van der Waals surface area contributed by atoms with Gasteiger partial charge < -0.3 is 4.90 Å². The van der Waals surface area contributed by atoms with Crippen LogP contribution in [0.5, 0.6) is 0 Å². The molecule has 24 heavy (non-hydrogen) atoms. The molecule has 1 aromatic heterocycles. The van der Waals surface area contributed by atoms with E-state index in [-0.39, 0.29) is 0 Å². The van der Waals surface area contributed by atoms with Crippen LogP contribution < -0.4 is 4.90 Å². The van der Waals surface area contributed by atoms with Crippen LogP contribution in [0.2, 0.25) is 16.6 Å². The van der Waals surface area contributed by atoms with Gasteiger partial charge in [-0.3, -0.25) is 0 Å². The topological polar surface area (TPSA) is 29.0 Å². The molecule has 0 spiro atoms. The standard InChI is InChI=1S/C20H33N3Si/c1-15(2)24(16(3)4,17(5)6)13-10-19-14-18(7)21-20(22-19)23-11-8-9-12-23/h14-17H,8-9,11-12H2,1-7H3. The number of hydrogen-bond acceptors (Lipinski definition) is 3. The summed E-state index contributed by atoms with van der Waals surface area (Å²) in [4.78, 5) is 11.7.